The Kier molecular flexibility index (Phi) is 8.83. The van der Waals surface area contributed by atoms with Crippen molar-refractivity contribution < 1.29 is 28.6 Å². The van der Waals surface area contributed by atoms with Crippen LogP contribution in [0.2, 0.25) is 0 Å². The van der Waals surface area contributed by atoms with Gasteiger partial charge in [-0.2, -0.15) is 0 Å². The lowest BCUT2D eigenvalue weighted by Gasteiger charge is -2.28. The molecule has 0 saturated carbocycles. The summed E-state index contributed by atoms with van der Waals surface area (Å²) in [5.74, 6) is -1.05. The van der Waals surface area contributed by atoms with Gasteiger partial charge in [-0.05, 0) is 61.3 Å². The average Bonchev–Trinajstić information content (AvgIpc) is 2.90. The zero-order valence-corrected chi connectivity index (χ0v) is 20.3. The van der Waals surface area contributed by atoms with Gasteiger partial charge in [0.2, 0.25) is 0 Å². The Hall–Kier alpha value is -2.16. The van der Waals surface area contributed by atoms with Crippen molar-refractivity contribution in [2.75, 3.05) is 18.1 Å². The van der Waals surface area contributed by atoms with Crippen LogP contribution in [-0.2, 0) is 19.0 Å². The van der Waals surface area contributed by atoms with Gasteiger partial charge in [0.05, 0.1) is 12.3 Å². The lowest BCUT2D eigenvalue weighted by Crippen LogP contribution is -2.40. The van der Waals surface area contributed by atoms with E-state index in [1.54, 1.807) is 55.4 Å². The summed E-state index contributed by atoms with van der Waals surface area (Å²) >= 11 is 1.06. The smallest absolute Gasteiger partial charge is 0.416 e. The number of hydrogen-bond donors (Lipinski definition) is 0. The van der Waals surface area contributed by atoms with Crippen LogP contribution in [0.25, 0.3) is 0 Å². The number of rotatable bonds is 7. The van der Waals surface area contributed by atoms with E-state index in [4.69, 9.17) is 14.2 Å². The van der Waals surface area contributed by atoms with Crippen molar-refractivity contribution in [1.29, 1.82) is 0 Å². The molecule has 0 fully saturated rings. The molecule has 0 aromatic carbocycles. The molecule has 1 atom stereocenters. The number of thiazole rings is 1. The Labute approximate surface area is 182 Å². The third-order valence-electron chi connectivity index (χ3n) is 3.52. The third-order valence-corrected chi connectivity index (χ3v) is 4.68. The van der Waals surface area contributed by atoms with Gasteiger partial charge in [-0.15, -0.1) is 0 Å². The number of ether oxygens (including phenoxy) is 3. The molecule has 1 amide bonds. The maximum absolute atomic E-state index is 12.9. The maximum atomic E-state index is 12.9. The van der Waals surface area contributed by atoms with Crippen LogP contribution < -0.4 is 4.90 Å². The molecule has 0 N–H and O–H groups in total. The second-order valence-corrected chi connectivity index (χ2v) is 10.1. The number of aromatic nitrogens is 1. The zero-order valence-electron chi connectivity index (χ0n) is 19.5. The van der Waals surface area contributed by atoms with Gasteiger partial charge < -0.3 is 14.2 Å². The van der Waals surface area contributed by atoms with Gasteiger partial charge in [0.25, 0.3) is 0 Å². The normalized spacial score (nSPS) is 12.8. The molecule has 0 unspecified atom stereocenters. The third kappa shape index (κ3) is 8.69. The molecule has 0 aliphatic heterocycles. The molecule has 0 spiro atoms. The highest BCUT2D eigenvalue weighted by Crippen LogP contribution is 2.29. The molecule has 0 radical (unpaired) electrons. The number of nitrogens with zero attached hydrogens (tertiary/aromatic N) is 2. The fourth-order valence-electron chi connectivity index (χ4n) is 2.48. The quantitative estimate of drug-likeness (QED) is 0.445. The second kappa shape index (κ2) is 10.2. The molecular formula is C21H34N2O6S. The van der Waals surface area contributed by atoms with Crippen molar-refractivity contribution in [3.05, 3.63) is 10.6 Å². The van der Waals surface area contributed by atoms with E-state index < -0.39 is 23.3 Å². The van der Waals surface area contributed by atoms with Crippen LogP contribution in [0.4, 0.5) is 9.93 Å². The van der Waals surface area contributed by atoms with Crippen molar-refractivity contribution >= 4 is 34.5 Å². The fourth-order valence-corrected chi connectivity index (χ4v) is 3.44. The van der Waals surface area contributed by atoms with Crippen LogP contribution in [0.15, 0.2) is 0 Å². The number of amides is 1. The topological polar surface area (TPSA) is 95.0 Å². The van der Waals surface area contributed by atoms with Crippen LogP contribution in [-0.4, -0.2) is 47.4 Å². The summed E-state index contributed by atoms with van der Waals surface area (Å²) < 4.78 is 15.9. The molecule has 0 aliphatic rings. The van der Waals surface area contributed by atoms with Crippen molar-refractivity contribution in [3.63, 3.8) is 0 Å². The highest BCUT2D eigenvalue weighted by Gasteiger charge is 2.30. The van der Waals surface area contributed by atoms with Gasteiger partial charge in [0, 0.05) is 13.0 Å². The van der Waals surface area contributed by atoms with E-state index in [9.17, 15) is 14.4 Å². The fraction of sp³-hybridized carbons (Fsp3) is 0.714. The van der Waals surface area contributed by atoms with E-state index in [1.165, 1.54) is 4.90 Å². The molecule has 1 aromatic rings. The first kappa shape index (κ1) is 25.9. The first-order valence-corrected chi connectivity index (χ1v) is 10.8. The number of anilines is 1. The van der Waals surface area contributed by atoms with Gasteiger partial charge >= 0.3 is 18.0 Å². The van der Waals surface area contributed by atoms with Gasteiger partial charge in [-0.25, -0.2) is 14.6 Å². The van der Waals surface area contributed by atoms with Crippen molar-refractivity contribution in [1.82, 2.24) is 4.98 Å². The Morgan fingerprint density at radius 3 is 2.13 bits per heavy atom. The Morgan fingerprint density at radius 2 is 1.63 bits per heavy atom. The van der Waals surface area contributed by atoms with Crippen LogP contribution in [0.5, 0.6) is 0 Å². The number of aryl methyl sites for hydroxylation is 1. The predicted molar refractivity (Wildman–Crippen MR) is 116 cm³/mol. The Balaban J connectivity index is 3.09. The monoisotopic (exact) mass is 442 g/mol. The van der Waals surface area contributed by atoms with Gasteiger partial charge in [-0.3, -0.25) is 9.69 Å². The van der Waals surface area contributed by atoms with Gasteiger partial charge in [0.15, 0.2) is 5.13 Å². The van der Waals surface area contributed by atoms with E-state index in [2.05, 4.69) is 4.98 Å². The minimum absolute atomic E-state index is 0.131. The molecular weight excluding hydrogens is 408 g/mol. The molecule has 9 heteroatoms. The van der Waals surface area contributed by atoms with Crippen molar-refractivity contribution in [3.8, 4) is 0 Å². The summed E-state index contributed by atoms with van der Waals surface area (Å²) in [5, 5.41) is 0.320. The summed E-state index contributed by atoms with van der Waals surface area (Å²) in [6, 6.07) is 0. The largest absolute Gasteiger partial charge is 0.462 e. The lowest BCUT2D eigenvalue weighted by atomic mass is 10.1. The number of carbonyl (C=O) groups is 3. The van der Waals surface area contributed by atoms with E-state index >= 15 is 0 Å². The molecule has 0 aliphatic carbocycles. The van der Waals surface area contributed by atoms with E-state index in [-0.39, 0.29) is 31.5 Å². The highest BCUT2D eigenvalue weighted by molar-refractivity contribution is 7.17. The molecule has 8 nitrogen and oxygen atoms in total. The van der Waals surface area contributed by atoms with Crippen molar-refractivity contribution in [2.45, 2.75) is 79.9 Å². The Bertz CT molecular complexity index is 761. The average molecular weight is 443 g/mol. The summed E-state index contributed by atoms with van der Waals surface area (Å²) in [4.78, 5) is 43.3. The van der Waals surface area contributed by atoms with Crippen LogP contribution in [0.3, 0.4) is 0 Å². The molecule has 0 saturated heterocycles. The SMILES string of the molecule is CCOC(=O)c1sc(N(C[C@@H](C)CC(=O)OC(C)(C)C)C(=O)OC(C)(C)C)nc1C. The van der Waals surface area contributed by atoms with E-state index in [1.807, 2.05) is 6.92 Å². The highest BCUT2D eigenvalue weighted by atomic mass is 32.1. The van der Waals surface area contributed by atoms with Crippen LogP contribution in [0, 0.1) is 12.8 Å². The van der Waals surface area contributed by atoms with E-state index in [0.717, 1.165) is 11.3 Å². The molecule has 0 bridgehead atoms. The number of esters is 2. The lowest BCUT2D eigenvalue weighted by molar-refractivity contribution is -0.155. The minimum atomic E-state index is -0.708. The summed E-state index contributed by atoms with van der Waals surface area (Å²) in [6.07, 6.45) is -0.464. The standard InChI is InChI=1S/C21H34N2O6S/c1-10-27-17(25)16-14(3)22-18(30-16)23(19(26)29-21(7,8)9)12-13(2)11-15(24)28-20(4,5)6/h13H,10-12H2,1-9H3/t13-/m0/s1. The Morgan fingerprint density at radius 1 is 1.07 bits per heavy atom. The van der Waals surface area contributed by atoms with Crippen LogP contribution >= 0.6 is 11.3 Å². The van der Waals surface area contributed by atoms with Gasteiger partial charge in [-0.1, -0.05) is 18.3 Å². The minimum Gasteiger partial charge on any atom is -0.462 e. The zero-order chi connectivity index (χ0) is 23.3. The molecule has 1 heterocycles. The first-order valence-electron chi connectivity index (χ1n) is 10.00. The molecule has 1 rings (SSSR count). The first-order chi connectivity index (χ1) is 13.6. The van der Waals surface area contributed by atoms with Gasteiger partial charge in [0.1, 0.15) is 16.1 Å². The van der Waals surface area contributed by atoms with Crippen LogP contribution in [0.1, 0.15) is 77.2 Å². The molecule has 170 valence electrons. The maximum Gasteiger partial charge on any atom is 0.416 e. The second-order valence-electron chi connectivity index (χ2n) is 9.12. The summed E-state index contributed by atoms with van der Waals surface area (Å²) in [6.45, 7) is 16.4. The summed E-state index contributed by atoms with van der Waals surface area (Å²) in [7, 11) is 0. The number of hydrogen-bond acceptors (Lipinski definition) is 8. The molecule has 30 heavy (non-hydrogen) atoms. The predicted octanol–water partition coefficient (Wildman–Crippen LogP) is 4.74. The number of carbonyl (C=O) groups excluding carboxylic acids is 3. The summed E-state index contributed by atoms with van der Waals surface area (Å²) in [5.41, 5.74) is -0.815. The molecule has 1 aromatic heterocycles. The van der Waals surface area contributed by atoms with Crippen molar-refractivity contribution in [2.24, 2.45) is 5.92 Å². The van der Waals surface area contributed by atoms with E-state index in [0.29, 0.717) is 15.7 Å².